The first-order valence-corrected chi connectivity index (χ1v) is 11.9. The summed E-state index contributed by atoms with van der Waals surface area (Å²) < 4.78 is 0. The molecule has 2 aromatic rings. The maximum atomic E-state index is 10.2. The second-order valence-electron chi connectivity index (χ2n) is 8.35. The van der Waals surface area contributed by atoms with Crippen LogP contribution in [0.1, 0.15) is 89.5 Å². The van der Waals surface area contributed by atoms with Gasteiger partial charge in [0, 0.05) is 11.4 Å². The van der Waals surface area contributed by atoms with Crippen molar-refractivity contribution in [1.82, 2.24) is 0 Å². The molecule has 2 aromatic carbocycles. The van der Waals surface area contributed by atoms with Crippen LogP contribution in [0, 0.1) is 0 Å². The molecule has 2 N–H and O–H groups in total. The number of hydrogen-bond acceptors (Lipinski definition) is 2. The summed E-state index contributed by atoms with van der Waals surface area (Å²) in [4.78, 5) is 0. The van der Waals surface area contributed by atoms with Crippen LogP contribution in [0.3, 0.4) is 0 Å². The Kier molecular flexibility index (Phi) is 12.2. The monoisotopic (exact) mass is 395 g/mol. The predicted octanol–water partition coefficient (Wildman–Crippen LogP) is 8.03. The molecule has 0 saturated carbocycles. The third-order valence-corrected chi connectivity index (χ3v) is 5.66. The minimum absolute atomic E-state index is 0.0889. The Morgan fingerprint density at radius 3 is 1.86 bits per heavy atom. The van der Waals surface area contributed by atoms with Crippen LogP contribution in [-0.4, -0.2) is 11.2 Å². The summed E-state index contributed by atoms with van der Waals surface area (Å²) in [5, 5.41) is 13.6. The van der Waals surface area contributed by atoms with Gasteiger partial charge in [0.2, 0.25) is 0 Å². The molecule has 0 amide bonds. The van der Waals surface area contributed by atoms with E-state index in [2.05, 4.69) is 48.6 Å². The smallest absolute Gasteiger partial charge is 0.0540 e. The lowest BCUT2D eigenvalue weighted by molar-refractivity contribution is 0.147. The summed E-state index contributed by atoms with van der Waals surface area (Å²) in [5.41, 5.74) is 3.65. The highest BCUT2D eigenvalue weighted by atomic mass is 16.3. The highest BCUT2D eigenvalue weighted by Gasteiger charge is 2.04. The van der Waals surface area contributed by atoms with Crippen molar-refractivity contribution in [2.24, 2.45) is 0 Å². The Labute approximate surface area is 178 Å². The molecule has 0 aliphatic carbocycles. The number of benzene rings is 2. The lowest BCUT2D eigenvalue weighted by Crippen LogP contribution is -2.06. The second-order valence-corrected chi connectivity index (χ2v) is 8.35. The normalized spacial score (nSPS) is 12.1. The molecule has 2 rings (SSSR count). The first-order chi connectivity index (χ1) is 14.3. The molecule has 0 heterocycles. The number of hydrogen-bond donors (Lipinski definition) is 2. The number of nitrogens with one attached hydrogen (secondary N) is 1. The number of rotatable bonds is 16. The van der Waals surface area contributed by atoms with Gasteiger partial charge >= 0.3 is 0 Å². The molecule has 2 nitrogen and oxygen atoms in total. The van der Waals surface area contributed by atoms with Gasteiger partial charge in [0.15, 0.2) is 0 Å². The van der Waals surface area contributed by atoms with E-state index in [-0.39, 0.29) is 6.10 Å². The molecule has 29 heavy (non-hydrogen) atoms. The van der Waals surface area contributed by atoms with E-state index in [1.807, 2.05) is 18.2 Å². The zero-order valence-electron chi connectivity index (χ0n) is 18.4. The summed E-state index contributed by atoms with van der Waals surface area (Å²) >= 11 is 0. The molecule has 0 aromatic heterocycles. The molecular weight excluding hydrogens is 354 g/mol. The van der Waals surface area contributed by atoms with Crippen molar-refractivity contribution in [2.75, 3.05) is 5.32 Å². The lowest BCUT2D eigenvalue weighted by Gasteiger charge is -2.10. The third-order valence-electron chi connectivity index (χ3n) is 5.66. The van der Waals surface area contributed by atoms with Crippen molar-refractivity contribution < 1.29 is 5.11 Å². The van der Waals surface area contributed by atoms with E-state index in [4.69, 9.17) is 0 Å². The molecule has 0 aliphatic heterocycles. The minimum Gasteiger partial charge on any atom is -0.393 e. The summed E-state index contributed by atoms with van der Waals surface area (Å²) in [6.45, 7) is 2.26. The molecule has 1 atom stereocenters. The van der Waals surface area contributed by atoms with Gasteiger partial charge in [-0.3, -0.25) is 0 Å². The summed E-state index contributed by atoms with van der Waals surface area (Å²) in [6, 6.07) is 19.0. The maximum Gasteiger partial charge on any atom is 0.0540 e. The summed E-state index contributed by atoms with van der Waals surface area (Å²) in [6.07, 6.45) is 15.8. The van der Waals surface area contributed by atoms with Gasteiger partial charge in [-0.2, -0.15) is 0 Å². The summed E-state index contributed by atoms with van der Waals surface area (Å²) in [5.74, 6) is 0. The fraction of sp³-hybridized carbons (Fsp3) is 0.556. The standard InChI is InChI=1S/C27H41NO/c1-2-3-4-5-6-7-13-18-27(29)19-14-8-10-15-24-20-22-26(23-21-24)28-25-16-11-9-12-17-25/h9,11-12,16-17,20-23,27-29H,2-8,10,13-15,18-19H2,1H3. The predicted molar refractivity (Wildman–Crippen MR) is 127 cm³/mol. The highest BCUT2D eigenvalue weighted by molar-refractivity contribution is 5.59. The number of unbranched alkanes of at least 4 members (excludes halogenated alkanes) is 8. The number of aryl methyl sites for hydroxylation is 1. The zero-order chi connectivity index (χ0) is 20.6. The molecule has 2 heteroatoms. The number of para-hydroxylation sites is 1. The second kappa shape index (κ2) is 15.1. The van der Waals surface area contributed by atoms with E-state index in [0.717, 1.165) is 37.1 Å². The first-order valence-electron chi connectivity index (χ1n) is 11.9. The van der Waals surface area contributed by atoms with Gasteiger partial charge in [0.05, 0.1) is 6.10 Å². The van der Waals surface area contributed by atoms with E-state index in [1.54, 1.807) is 0 Å². The van der Waals surface area contributed by atoms with Crippen LogP contribution in [0.25, 0.3) is 0 Å². The van der Waals surface area contributed by atoms with Crippen LogP contribution in [-0.2, 0) is 6.42 Å². The largest absolute Gasteiger partial charge is 0.393 e. The van der Waals surface area contributed by atoms with Crippen molar-refractivity contribution in [3.8, 4) is 0 Å². The van der Waals surface area contributed by atoms with E-state index in [1.165, 1.54) is 63.4 Å². The first kappa shape index (κ1) is 23.5. The van der Waals surface area contributed by atoms with Gasteiger partial charge < -0.3 is 10.4 Å². The zero-order valence-corrected chi connectivity index (χ0v) is 18.4. The number of aliphatic hydroxyl groups is 1. The van der Waals surface area contributed by atoms with E-state index in [0.29, 0.717) is 0 Å². The highest BCUT2D eigenvalue weighted by Crippen LogP contribution is 2.18. The maximum absolute atomic E-state index is 10.2. The molecule has 0 saturated heterocycles. The Hall–Kier alpha value is -1.80. The van der Waals surface area contributed by atoms with Crippen molar-refractivity contribution >= 4 is 11.4 Å². The van der Waals surface area contributed by atoms with Crippen molar-refractivity contribution in [2.45, 2.75) is 96.5 Å². The van der Waals surface area contributed by atoms with Crippen LogP contribution >= 0.6 is 0 Å². The average molecular weight is 396 g/mol. The van der Waals surface area contributed by atoms with Crippen molar-refractivity contribution in [3.05, 3.63) is 60.2 Å². The van der Waals surface area contributed by atoms with Gasteiger partial charge in [-0.1, -0.05) is 95.0 Å². The van der Waals surface area contributed by atoms with Crippen molar-refractivity contribution in [3.63, 3.8) is 0 Å². The fourth-order valence-electron chi connectivity index (χ4n) is 3.81. The molecule has 160 valence electrons. The topological polar surface area (TPSA) is 32.3 Å². The van der Waals surface area contributed by atoms with Crippen LogP contribution in [0.5, 0.6) is 0 Å². The lowest BCUT2D eigenvalue weighted by atomic mass is 10.0. The fourth-order valence-corrected chi connectivity index (χ4v) is 3.81. The Morgan fingerprint density at radius 2 is 1.21 bits per heavy atom. The number of aliphatic hydroxyl groups excluding tert-OH is 1. The van der Waals surface area contributed by atoms with Gasteiger partial charge in [0.1, 0.15) is 0 Å². The van der Waals surface area contributed by atoms with Crippen LogP contribution < -0.4 is 5.32 Å². The molecule has 0 radical (unpaired) electrons. The Bertz CT molecular complexity index is 623. The molecule has 0 fully saturated rings. The van der Waals surface area contributed by atoms with E-state index < -0.39 is 0 Å². The molecule has 0 aliphatic rings. The van der Waals surface area contributed by atoms with Crippen LogP contribution in [0.2, 0.25) is 0 Å². The SMILES string of the molecule is CCCCCCCCCC(O)CCCCCc1ccc(Nc2ccccc2)cc1. The number of anilines is 2. The van der Waals surface area contributed by atoms with Crippen LogP contribution in [0.4, 0.5) is 11.4 Å². The van der Waals surface area contributed by atoms with Gasteiger partial charge in [-0.05, 0) is 55.5 Å². The minimum atomic E-state index is -0.0889. The van der Waals surface area contributed by atoms with Gasteiger partial charge in [0.25, 0.3) is 0 Å². The van der Waals surface area contributed by atoms with Gasteiger partial charge in [-0.25, -0.2) is 0 Å². The van der Waals surface area contributed by atoms with E-state index >= 15 is 0 Å². The summed E-state index contributed by atoms with van der Waals surface area (Å²) in [7, 11) is 0. The Morgan fingerprint density at radius 1 is 0.655 bits per heavy atom. The molecule has 0 bridgehead atoms. The van der Waals surface area contributed by atoms with E-state index in [9.17, 15) is 5.11 Å². The molecule has 1 unspecified atom stereocenters. The quantitative estimate of drug-likeness (QED) is 0.282. The van der Waals surface area contributed by atoms with Crippen molar-refractivity contribution in [1.29, 1.82) is 0 Å². The third kappa shape index (κ3) is 11.1. The molecular formula is C27H41NO. The molecule has 0 spiro atoms. The van der Waals surface area contributed by atoms with Crippen LogP contribution in [0.15, 0.2) is 54.6 Å². The van der Waals surface area contributed by atoms with Gasteiger partial charge in [-0.15, -0.1) is 0 Å². The Balaban J connectivity index is 1.48. The average Bonchev–Trinajstić information content (AvgIpc) is 2.75.